The van der Waals surface area contributed by atoms with Crippen LogP contribution in [-0.2, 0) is 11.3 Å². The molecule has 0 saturated heterocycles. The van der Waals surface area contributed by atoms with E-state index >= 15 is 0 Å². The molecule has 2 aromatic rings. The summed E-state index contributed by atoms with van der Waals surface area (Å²) in [5.74, 6) is -2.57. The lowest BCUT2D eigenvalue weighted by Crippen LogP contribution is -2.37. The number of anilines is 1. The van der Waals surface area contributed by atoms with Crippen LogP contribution in [0, 0.1) is 0 Å². The summed E-state index contributed by atoms with van der Waals surface area (Å²) < 4.78 is 24.6. The van der Waals surface area contributed by atoms with Crippen molar-refractivity contribution in [2.45, 2.75) is 37.1 Å². The number of carbonyl (C=O) groups excluding carboxylic acids is 1. The second-order valence-electron chi connectivity index (χ2n) is 5.94. The number of benzene rings is 2. The second kappa shape index (κ2) is 9.53. The van der Waals surface area contributed by atoms with Gasteiger partial charge < -0.3 is 5.32 Å². The molecule has 0 aliphatic carbocycles. The summed E-state index contributed by atoms with van der Waals surface area (Å²) in [7, 11) is 0. The van der Waals surface area contributed by atoms with Crippen LogP contribution in [0.15, 0.2) is 59.5 Å². The van der Waals surface area contributed by atoms with Crippen molar-refractivity contribution in [3.05, 3.63) is 60.2 Å². The highest BCUT2D eigenvalue weighted by Crippen LogP contribution is 2.26. The van der Waals surface area contributed by atoms with Gasteiger partial charge in [-0.3, -0.25) is 9.69 Å². The van der Waals surface area contributed by atoms with Crippen LogP contribution in [0.3, 0.4) is 0 Å². The summed E-state index contributed by atoms with van der Waals surface area (Å²) in [6.45, 7) is 5.05. The third kappa shape index (κ3) is 6.84. The molecule has 6 heteroatoms. The number of amides is 1. The Labute approximate surface area is 151 Å². The molecule has 0 bridgehead atoms. The zero-order valence-electron chi connectivity index (χ0n) is 14.3. The third-order valence-electron chi connectivity index (χ3n) is 3.67. The minimum atomic E-state index is -2.45. The molecular formula is C19H22F2N2OS. The first-order chi connectivity index (χ1) is 11.9. The molecule has 0 aromatic heterocycles. The lowest BCUT2D eigenvalue weighted by Gasteiger charge is -2.26. The molecule has 0 heterocycles. The molecular weight excluding hydrogens is 342 g/mol. The van der Waals surface area contributed by atoms with Gasteiger partial charge in [0.1, 0.15) is 0 Å². The van der Waals surface area contributed by atoms with E-state index in [2.05, 4.69) is 10.2 Å². The number of halogens is 2. The van der Waals surface area contributed by atoms with E-state index < -0.39 is 5.76 Å². The maximum Gasteiger partial charge on any atom is 0.288 e. The van der Waals surface area contributed by atoms with E-state index in [0.717, 1.165) is 5.56 Å². The molecule has 0 fully saturated rings. The van der Waals surface area contributed by atoms with Crippen LogP contribution >= 0.6 is 11.8 Å². The summed E-state index contributed by atoms with van der Waals surface area (Å²) >= 11 is 0.488. The maximum absolute atomic E-state index is 12.3. The first-order valence-electron chi connectivity index (χ1n) is 8.06. The van der Waals surface area contributed by atoms with Crippen molar-refractivity contribution in [3.8, 4) is 0 Å². The fraction of sp³-hybridized carbons (Fsp3) is 0.316. The number of thioether (sulfide) groups is 1. The van der Waals surface area contributed by atoms with Crippen molar-refractivity contribution in [2.75, 3.05) is 11.9 Å². The molecule has 134 valence electrons. The Hall–Kier alpha value is -1.92. The average Bonchev–Trinajstić information content (AvgIpc) is 2.56. The summed E-state index contributed by atoms with van der Waals surface area (Å²) in [5, 5.41) is 2.82. The van der Waals surface area contributed by atoms with Crippen molar-refractivity contribution in [1.82, 2.24) is 4.90 Å². The van der Waals surface area contributed by atoms with Gasteiger partial charge in [-0.15, -0.1) is 0 Å². The normalized spacial score (nSPS) is 11.3. The van der Waals surface area contributed by atoms with Crippen LogP contribution in [0.4, 0.5) is 14.5 Å². The Morgan fingerprint density at radius 3 is 2.28 bits per heavy atom. The van der Waals surface area contributed by atoms with E-state index in [4.69, 9.17) is 0 Å². The maximum atomic E-state index is 12.3. The van der Waals surface area contributed by atoms with Gasteiger partial charge in [0.2, 0.25) is 5.91 Å². The van der Waals surface area contributed by atoms with Gasteiger partial charge in [-0.05, 0) is 43.7 Å². The van der Waals surface area contributed by atoms with Crippen LogP contribution in [0.2, 0.25) is 0 Å². The Morgan fingerprint density at radius 2 is 1.72 bits per heavy atom. The Bertz CT molecular complexity index is 663. The zero-order chi connectivity index (χ0) is 18.2. The van der Waals surface area contributed by atoms with Gasteiger partial charge in [-0.25, -0.2) is 0 Å². The van der Waals surface area contributed by atoms with E-state index in [0.29, 0.717) is 28.9 Å². The Morgan fingerprint density at radius 1 is 1.08 bits per heavy atom. The smallest absolute Gasteiger partial charge is 0.288 e. The Kier molecular flexibility index (Phi) is 7.40. The number of carbonyl (C=O) groups is 1. The second-order valence-corrected chi connectivity index (χ2v) is 7.00. The molecule has 0 saturated carbocycles. The predicted molar refractivity (Wildman–Crippen MR) is 98.9 cm³/mol. The fourth-order valence-electron chi connectivity index (χ4n) is 2.34. The van der Waals surface area contributed by atoms with Crippen molar-refractivity contribution >= 4 is 23.4 Å². The Balaban J connectivity index is 1.92. The lowest BCUT2D eigenvalue weighted by molar-refractivity contribution is -0.117. The number of nitrogens with one attached hydrogen (secondary N) is 1. The molecule has 1 amide bonds. The van der Waals surface area contributed by atoms with Gasteiger partial charge in [-0.1, -0.05) is 42.1 Å². The molecule has 25 heavy (non-hydrogen) atoms. The van der Waals surface area contributed by atoms with Crippen molar-refractivity contribution in [1.29, 1.82) is 0 Å². The molecule has 2 aromatic carbocycles. The van der Waals surface area contributed by atoms with Gasteiger partial charge in [-0.2, -0.15) is 8.78 Å². The van der Waals surface area contributed by atoms with Gasteiger partial charge >= 0.3 is 0 Å². The number of rotatable bonds is 8. The highest BCUT2D eigenvalue weighted by atomic mass is 32.2. The molecule has 0 radical (unpaired) electrons. The molecule has 0 spiro atoms. The molecule has 0 aliphatic heterocycles. The molecule has 0 aliphatic rings. The third-order valence-corrected chi connectivity index (χ3v) is 4.39. The molecule has 0 unspecified atom stereocenters. The predicted octanol–water partition coefficient (Wildman–Crippen LogP) is 4.85. The van der Waals surface area contributed by atoms with Crippen LogP contribution < -0.4 is 5.32 Å². The lowest BCUT2D eigenvalue weighted by atomic mass is 10.2. The van der Waals surface area contributed by atoms with E-state index in [1.807, 2.05) is 44.2 Å². The van der Waals surface area contributed by atoms with Crippen LogP contribution in [0.25, 0.3) is 0 Å². The molecule has 3 nitrogen and oxygen atoms in total. The van der Waals surface area contributed by atoms with E-state index in [1.165, 1.54) is 0 Å². The summed E-state index contributed by atoms with van der Waals surface area (Å²) in [5.41, 5.74) is 1.75. The average molecular weight is 364 g/mol. The standard InChI is InChI=1S/C19H22F2N2OS/c1-14(2)23(12-15-6-4-3-5-7-15)13-18(24)22-16-8-10-17(11-9-16)25-19(20)21/h3-11,14,19H,12-13H2,1-2H3,(H,22,24). The number of nitrogens with zero attached hydrogens (tertiary/aromatic N) is 1. The van der Waals surface area contributed by atoms with E-state index in [1.54, 1.807) is 24.3 Å². The zero-order valence-corrected chi connectivity index (χ0v) is 15.1. The first kappa shape index (κ1) is 19.4. The highest BCUT2D eigenvalue weighted by Gasteiger charge is 2.15. The fourth-order valence-corrected chi connectivity index (χ4v) is 2.84. The summed E-state index contributed by atoms with van der Waals surface area (Å²) in [4.78, 5) is 14.9. The minimum Gasteiger partial charge on any atom is -0.325 e. The number of hydrogen-bond donors (Lipinski definition) is 1. The molecule has 1 N–H and O–H groups in total. The SMILES string of the molecule is CC(C)N(CC(=O)Nc1ccc(SC(F)F)cc1)Cc1ccccc1. The minimum absolute atomic E-state index is 0.126. The van der Waals surface area contributed by atoms with E-state index in [-0.39, 0.29) is 18.5 Å². The largest absolute Gasteiger partial charge is 0.325 e. The first-order valence-corrected chi connectivity index (χ1v) is 8.94. The van der Waals surface area contributed by atoms with Gasteiger partial charge in [0.15, 0.2) is 0 Å². The van der Waals surface area contributed by atoms with Crippen LogP contribution in [0.5, 0.6) is 0 Å². The van der Waals surface area contributed by atoms with Gasteiger partial charge in [0.25, 0.3) is 5.76 Å². The van der Waals surface area contributed by atoms with E-state index in [9.17, 15) is 13.6 Å². The number of hydrogen-bond acceptors (Lipinski definition) is 3. The van der Waals surface area contributed by atoms with Crippen molar-refractivity contribution in [2.24, 2.45) is 0 Å². The van der Waals surface area contributed by atoms with Crippen molar-refractivity contribution in [3.63, 3.8) is 0 Å². The molecule has 0 atom stereocenters. The molecule has 2 rings (SSSR count). The summed E-state index contributed by atoms with van der Waals surface area (Å²) in [6, 6.07) is 16.6. The highest BCUT2D eigenvalue weighted by molar-refractivity contribution is 7.99. The summed E-state index contributed by atoms with van der Waals surface area (Å²) in [6.07, 6.45) is 0. The van der Waals surface area contributed by atoms with Crippen molar-refractivity contribution < 1.29 is 13.6 Å². The number of alkyl halides is 2. The van der Waals surface area contributed by atoms with Gasteiger partial charge in [0.05, 0.1) is 6.54 Å². The monoisotopic (exact) mass is 364 g/mol. The van der Waals surface area contributed by atoms with Crippen LogP contribution in [-0.4, -0.2) is 29.2 Å². The topological polar surface area (TPSA) is 32.3 Å². The quantitative estimate of drug-likeness (QED) is 0.680. The van der Waals surface area contributed by atoms with Crippen LogP contribution in [0.1, 0.15) is 19.4 Å². The van der Waals surface area contributed by atoms with Gasteiger partial charge in [0, 0.05) is 23.2 Å².